The summed E-state index contributed by atoms with van der Waals surface area (Å²) in [6, 6.07) is -0.329. The monoisotopic (exact) mass is 623 g/mol. The van der Waals surface area contributed by atoms with Crippen LogP contribution in [0.3, 0.4) is 0 Å². The van der Waals surface area contributed by atoms with Crippen LogP contribution < -0.4 is 10.6 Å². The van der Waals surface area contributed by atoms with Crippen LogP contribution in [-0.2, 0) is 14.3 Å². The average Bonchev–Trinajstić information content (AvgIpc) is 3.64. The van der Waals surface area contributed by atoms with Crippen LogP contribution in [-0.4, -0.2) is 93.8 Å². The van der Waals surface area contributed by atoms with E-state index in [0.29, 0.717) is 49.0 Å². The summed E-state index contributed by atoms with van der Waals surface area (Å²) in [6.45, 7) is 10.8. The van der Waals surface area contributed by atoms with Gasteiger partial charge in [0.15, 0.2) is 16.2 Å². The van der Waals surface area contributed by atoms with E-state index in [1.807, 2.05) is 15.6 Å². The van der Waals surface area contributed by atoms with Crippen LogP contribution in [0, 0.1) is 18.2 Å². The standard InChI is InChI=1S/C27H35FN6O4S3/c1-5-38-24(35)19-18(30-22(23-29-6-9-40-23)31-20(19)21-15(2)17(28)13-41-21)12-32-7-8-34-16(10-32)11-33(26(34)39)14-27(3,4)25(36)37/h6,9,13,16,20,22,30-31H,5,7-8,10-12,14H2,1-4H3,(H,36,37)/p+1. The quantitative estimate of drug-likeness (QED) is 0.283. The van der Waals surface area contributed by atoms with Crippen LogP contribution >= 0.6 is 34.9 Å². The van der Waals surface area contributed by atoms with Gasteiger partial charge in [-0.3, -0.25) is 9.69 Å². The molecule has 0 radical (unpaired) electrons. The molecule has 3 aliphatic rings. The molecule has 0 saturated carbocycles. The molecule has 0 spiro atoms. The first-order valence-corrected chi connectivity index (χ1v) is 15.8. The number of piperazine rings is 1. The summed E-state index contributed by atoms with van der Waals surface area (Å²) in [7, 11) is 0. The zero-order valence-electron chi connectivity index (χ0n) is 23.6. The van der Waals surface area contributed by atoms with Crippen LogP contribution in [0.15, 0.2) is 28.2 Å². The maximum atomic E-state index is 14.5. The van der Waals surface area contributed by atoms with E-state index < -0.39 is 23.4 Å². The molecule has 5 heterocycles. The number of esters is 1. The fourth-order valence-corrected chi connectivity index (χ4v) is 7.80. The highest BCUT2D eigenvalue weighted by molar-refractivity contribution is 7.80. The van der Waals surface area contributed by atoms with Gasteiger partial charge in [0, 0.05) is 67.5 Å². The fourth-order valence-electron chi connectivity index (χ4n) is 5.73. The number of carbonyl (C=O) groups excluding carboxylic acids is 1. The number of carbonyl (C=O) groups is 2. The van der Waals surface area contributed by atoms with E-state index in [4.69, 9.17) is 17.0 Å². The number of fused-ring (bicyclic) bond motifs is 1. The van der Waals surface area contributed by atoms with Crippen molar-refractivity contribution >= 4 is 51.9 Å². The molecule has 4 N–H and O–H groups in total. The average molecular weight is 624 g/mol. The second-order valence-corrected chi connectivity index (χ2v) is 13.5. The summed E-state index contributed by atoms with van der Waals surface area (Å²) in [5, 5.41) is 20.2. The number of hydrogen-bond acceptors (Lipinski definition) is 9. The van der Waals surface area contributed by atoms with Crippen LogP contribution in [0.1, 0.15) is 48.4 Å². The topological polar surface area (TPSA) is 115 Å². The van der Waals surface area contributed by atoms with E-state index >= 15 is 0 Å². The maximum absolute atomic E-state index is 14.5. The molecule has 3 unspecified atom stereocenters. The molecular formula is C27H36FN6O4S3+. The number of nitrogens with two attached hydrogens (primary N) is 1. The Morgan fingerprint density at radius 2 is 2.10 bits per heavy atom. The number of aliphatic carboxylic acids is 1. The molecule has 3 aliphatic heterocycles. The van der Waals surface area contributed by atoms with Crippen molar-refractivity contribution in [3.8, 4) is 0 Å². The normalized spacial score (nSPS) is 23.5. The van der Waals surface area contributed by atoms with Crippen molar-refractivity contribution in [3.63, 3.8) is 0 Å². The van der Waals surface area contributed by atoms with E-state index in [1.165, 1.54) is 28.1 Å². The van der Waals surface area contributed by atoms with E-state index in [0.717, 1.165) is 22.1 Å². The zero-order chi connectivity index (χ0) is 29.5. The molecule has 0 amide bonds. The molecule has 3 atom stereocenters. The smallest absolute Gasteiger partial charge is 0.342 e. The number of carboxylic acids is 1. The van der Waals surface area contributed by atoms with Gasteiger partial charge in [0.2, 0.25) is 6.17 Å². The van der Waals surface area contributed by atoms with E-state index in [1.54, 1.807) is 33.9 Å². The Kier molecular flexibility index (Phi) is 8.67. The lowest BCUT2D eigenvalue weighted by atomic mass is 9.93. The molecule has 0 aliphatic carbocycles. The van der Waals surface area contributed by atoms with Crippen molar-refractivity contribution < 1.29 is 29.1 Å². The summed E-state index contributed by atoms with van der Waals surface area (Å²) >= 11 is 8.58. The summed E-state index contributed by atoms with van der Waals surface area (Å²) in [6.07, 6.45) is 1.51. The minimum absolute atomic E-state index is 0.113. The Balaban J connectivity index is 1.43. The Bertz CT molecular complexity index is 1350. The summed E-state index contributed by atoms with van der Waals surface area (Å²) in [4.78, 5) is 37.0. The third-order valence-corrected chi connectivity index (χ3v) is 10.4. The van der Waals surface area contributed by atoms with Crippen molar-refractivity contribution in [2.45, 2.75) is 45.9 Å². The first-order valence-electron chi connectivity index (χ1n) is 13.7. The highest BCUT2D eigenvalue weighted by atomic mass is 32.1. The fraction of sp³-hybridized carbons (Fsp3) is 0.556. The minimum Gasteiger partial charge on any atom is -0.481 e. The highest BCUT2D eigenvalue weighted by Gasteiger charge is 2.44. The summed E-state index contributed by atoms with van der Waals surface area (Å²) in [5.41, 5.74) is 0.871. The predicted octanol–water partition coefficient (Wildman–Crippen LogP) is 2.07. The van der Waals surface area contributed by atoms with Gasteiger partial charge in [-0.25, -0.2) is 14.2 Å². The predicted molar refractivity (Wildman–Crippen MR) is 158 cm³/mol. The first-order chi connectivity index (χ1) is 19.5. The van der Waals surface area contributed by atoms with Crippen LogP contribution in [0.5, 0.6) is 0 Å². The van der Waals surface area contributed by atoms with E-state index in [2.05, 4.69) is 20.1 Å². The van der Waals surface area contributed by atoms with Gasteiger partial charge in [0.05, 0.1) is 22.9 Å². The van der Waals surface area contributed by atoms with Gasteiger partial charge < -0.3 is 30.3 Å². The van der Waals surface area contributed by atoms with Gasteiger partial charge in [0.25, 0.3) is 0 Å². The summed E-state index contributed by atoms with van der Waals surface area (Å²) in [5.74, 6) is -1.54. The molecule has 0 bridgehead atoms. The SMILES string of the molecule is CCOC(=O)C1=C(CN2CCN3C(=S)N(CC(C)(C)C(=O)O)CC3C2)NC(c2nccs2)[NH2+]C1c1scc(F)c1C. The molecule has 0 aromatic carbocycles. The highest BCUT2D eigenvalue weighted by Crippen LogP contribution is 2.34. The molecule has 41 heavy (non-hydrogen) atoms. The largest absolute Gasteiger partial charge is 0.481 e. The van der Waals surface area contributed by atoms with Gasteiger partial charge in [-0.2, -0.15) is 0 Å². The number of quaternary nitrogens is 1. The third-order valence-electron chi connectivity index (χ3n) is 7.92. The van der Waals surface area contributed by atoms with Crippen LogP contribution in [0.2, 0.25) is 0 Å². The molecule has 5 rings (SSSR count). The number of thiophene rings is 1. The Morgan fingerprint density at radius 1 is 1.32 bits per heavy atom. The van der Waals surface area contributed by atoms with E-state index in [-0.39, 0.29) is 24.6 Å². The van der Waals surface area contributed by atoms with Gasteiger partial charge >= 0.3 is 11.9 Å². The van der Waals surface area contributed by atoms with Gasteiger partial charge in [0.1, 0.15) is 11.4 Å². The van der Waals surface area contributed by atoms with Gasteiger partial charge in [-0.15, -0.1) is 22.7 Å². The summed E-state index contributed by atoms with van der Waals surface area (Å²) < 4.78 is 20.1. The third kappa shape index (κ3) is 5.98. The molecule has 2 aromatic heterocycles. The zero-order valence-corrected chi connectivity index (χ0v) is 26.0. The lowest BCUT2D eigenvalue weighted by Crippen LogP contribution is -2.91. The number of aromatic nitrogens is 1. The number of thiocarbonyl (C=S) groups is 1. The molecular weight excluding hydrogens is 588 g/mol. The second kappa shape index (κ2) is 11.9. The van der Waals surface area contributed by atoms with E-state index in [9.17, 15) is 19.1 Å². The molecule has 2 fully saturated rings. The second-order valence-electron chi connectivity index (χ2n) is 11.3. The number of rotatable bonds is 9. The number of hydrogen-bond donors (Lipinski definition) is 3. The van der Waals surface area contributed by atoms with Crippen molar-refractivity contribution in [1.82, 2.24) is 25.0 Å². The molecule has 14 heteroatoms. The number of halogens is 1. The Morgan fingerprint density at radius 3 is 2.73 bits per heavy atom. The Labute approximate surface area is 252 Å². The van der Waals surface area contributed by atoms with Crippen LogP contribution in [0.4, 0.5) is 4.39 Å². The number of nitrogens with one attached hydrogen (secondary N) is 1. The minimum atomic E-state index is -0.917. The maximum Gasteiger partial charge on any atom is 0.342 e. The Hall–Kier alpha value is -2.65. The first kappa shape index (κ1) is 29.8. The van der Waals surface area contributed by atoms with Crippen molar-refractivity contribution in [1.29, 1.82) is 0 Å². The number of nitrogens with zero attached hydrogens (tertiary/aromatic N) is 4. The van der Waals surface area contributed by atoms with Crippen molar-refractivity contribution in [2.24, 2.45) is 5.41 Å². The van der Waals surface area contributed by atoms with Gasteiger partial charge in [-0.05, 0) is 39.9 Å². The van der Waals surface area contributed by atoms with Crippen LogP contribution in [0.25, 0.3) is 0 Å². The lowest BCUT2D eigenvalue weighted by Gasteiger charge is -2.39. The lowest BCUT2D eigenvalue weighted by molar-refractivity contribution is -0.733. The molecule has 2 saturated heterocycles. The molecule has 10 nitrogen and oxygen atoms in total. The number of ether oxygens (including phenoxy) is 1. The van der Waals surface area contributed by atoms with Crippen molar-refractivity contribution in [2.75, 3.05) is 45.9 Å². The molecule has 2 aromatic rings. The number of thiazole rings is 1. The number of carboxylic acid groups (broad SMARTS) is 1. The molecule has 222 valence electrons. The van der Waals surface area contributed by atoms with Crippen molar-refractivity contribution in [3.05, 3.63) is 49.5 Å². The van der Waals surface area contributed by atoms with Gasteiger partial charge in [-0.1, -0.05) is 0 Å².